The number of benzene rings is 1. The first-order valence-electron chi connectivity index (χ1n) is 10.3. The van der Waals surface area contributed by atoms with E-state index in [4.69, 9.17) is 0 Å². The van der Waals surface area contributed by atoms with E-state index in [-0.39, 0.29) is 5.92 Å². The van der Waals surface area contributed by atoms with Crippen molar-refractivity contribution in [3.63, 3.8) is 0 Å². The summed E-state index contributed by atoms with van der Waals surface area (Å²) in [4.78, 5) is 17.8. The molecule has 0 amide bonds. The predicted molar refractivity (Wildman–Crippen MR) is 107 cm³/mol. The molecule has 2 heterocycles. The second-order valence-electron chi connectivity index (χ2n) is 8.43. The summed E-state index contributed by atoms with van der Waals surface area (Å²) in [6, 6.07) is 11.0. The van der Waals surface area contributed by atoms with Crippen molar-refractivity contribution in [1.29, 1.82) is 0 Å². The molecule has 2 aliphatic rings. The van der Waals surface area contributed by atoms with Crippen LogP contribution in [0.2, 0.25) is 0 Å². The molecule has 138 valence electrons. The number of hydrogen-bond donors (Lipinski definition) is 0. The van der Waals surface area contributed by atoms with E-state index in [1.807, 2.05) is 10.6 Å². The molecule has 0 atom stereocenters. The monoisotopic (exact) mass is 358 g/mol. The second kappa shape index (κ2) is 6.63. The number of carbonyl (C=O) groups is 1. The van der Waals surface area contributed by atoms with Gasteiger partial charge in [0.05, 0.1) is 18.0 Å². The smallest absolute Gasteiger partial charge is 0.168 e. The van der Waals surface area contributed by atoms with Gasteiger partial charge < -0.3 is 4.40 Å². The highest BCUT2D eigenvalue weighted by Crippen LogP contribution is 2.44. The van der Waals surface area contributed by atoms with Crippen molar-refractivity contribution in [3.8, 4) is 0 Å². The summed E-state index contributed by atoms with van der Waals surface area (Å²) in [5.41, 5.74) is 5.97. The van der Waals surface area contributed by atoms with Crippen LogP contribution in [0.25, 0.3) is 5.52 Å². The lowest BCUT2D eigenvalue weighted by Gasteiger charge is -2.29. The number of fused-ring (bicyclic) bond motifs is 1. The summed E-state index contributed by atoms with van der Waals surface area (Å²) in [6.45, 7) is 2.16. The Morgan fingerprint density at radius 2 is 1.81 bits per heavy atom. The molecule has 3 aromatic rings. The van der Waals surface area contributed by atoms with Crippen molar-refractivity contribution in [3.05, 3.63) is 71.3 Å². The molecule has 0 aliphatic heterocycles. The van der Waals surface area contributed by atoms with Crippen LogP contribution < -0.4 is 0 Å². The van der Waals surface area contributed by atoms with Gasteiger partial charge in [-0.15, -0.1) is 0 Å². The molecule has 0 radical (unpaired) electrons. The Kier molecular flexibility index (Phi) is 4.11. The molecule has 27 heavy (non-hydrogen) atoms. The molecule has 5 rings (SSSR count). The Balaban J connectivity index is 1.39. The van der Waals surface area contributed by atoms with E-state index in [0.717, 1.165) is 36.8 Å². The van der Waals surface area contributed by atoms with E-state index in [9.17, 15) is 4.79 Å². The molecule has 3 heteroatoms. The molecule has 3 nitrogen and oxygen atoms in total. The first kappa shape index (κ1) is 16.7. The number of pyridine rings is 1. The normalized spacial score (nSPS) is 22.9. The number of Topliss-reactive ketones (excluding diaryl/α,β-unsaturated/α-hetero) is 1. The highest BCUT2D eigenvalue weighted by atomic mass is 16.1. The quantitative estimate of drug-likeness (QED) is 0.563. The lowest BCUT2D eigenvalue weighted by molar-refractivity contribution is 0.0884. The van der Waals surface area contributed by atoms with Crippen molar-refractivity contribution in [2.24, 2.45) is 5.92 Å². The highest BCUT2D eigenvalue weighted by molar-refractivity contribution is 6.05. The van der Waals surface area contributed by atoms with Gasteiger partial charge in [-0.1, -0.05) is 29.8 Å². The average molecular weight is 358 g/mol. The number of aromatic nitrogens is 2. The van der Waals surface area contributed by atoms with Gasteiger partial charge in [-0.25, -0.2) is 4.98 Å². The predicted octanol–water partition coefficient (Wildman–Crippen LogP) is 5.68. The van der Waals surface area contributed by atoms with E-state index < -0.39 is 0 Å². The third-order valence-corrected chi connectivity index (χ3v) is 6.50. The standard InChI is InChI=1S/C24H26N2O/c1-16-3-2-4-20(13-16)17-5-9-19(10-6-17)24(27)23-21(18-7-8-18)11-12-26-15-25-14-22(23)26/h2-4,11-15,17-19H,5-10H2,1H3. The molecular formula is C24H26N2O. The molecule has 0 N–H and O–H groups in total. The summed E-state index contributed by atoms with van der Waals surface area (Å²) >= 11 is 0. The number of aryl methyl sites for hydroxylation is 1. The fourth-order valence-electron chi connectivity index (χ4n) is 4.83. The fraction of sp³-hybridized carbons (Fsp3) is 0.417. The zero-order valence-corrected chi connectivity index (χ0v) is 15.9. The van der Waals surface area contributed by atoms with Gasteiger partial charge in [0.1, 0.15) is 0 Å². The van der Waals surface area contributed by atoms with Crippen LogP contribution in [0.3, 0.4) is 0 Å². The SMILES string of the molecule is Cc1cccc(C2CCC(C(=O)c3c(C4CC4)ccn4cncc34)CC2)c1. The summed E-state index contributed by atoms with van der Waals surface area (Å²) < 4.78 is 2.00. The van der Waals surface area contributed by atoms with Gasteiger partial charge in [0.25, 0.3) is 0 Å². The topological polar surface area (TPSA) is 34.4 Å². The van der Waals surface area contributed by atoms with Gasteiger partial charge in [-0.3, -0.25) is 4.79 Å². The molecular weight excluding hydrogens is 332 g/mol. The first-order chi connectivity index (χ1) is 13.2. The van der Waals surface area contributed by atoms with Crippen LogP contribution in [0.1, 0.15) is 77.4 Å². The lowest BCUT2D eigenvalue weighted by Crippen LogP contribution is -2.23. The minimum atomic E-state index is 0.157. The Hall–Kier alpha value is -2.42. The zero-order valence-electron chi connectivity index (χ0n) is 15.9. The number of nitrogens with zero attached hydrogens (tertiary/aromatic N) is 2. The van der Waals surface area contributed by atoms with Gasteiger partial charge in [0.2, 0.25) is 0 Å². The van der Waals surface area contributed by atoms with Crippen molar-refractivity contribution >= 4 is 11.3 Å². The second-order valence-corrected chi connectivity index (χ2v) is 8.43. The molecule has 0 unspecified atom stereocenters. The van der Waals surface area contributed by atoms with E-state index in [0.29, 0.717) is 17.6 Å². The first-order valence-corrected chi connectivity index (χ1v) is 10.3. The van der Waals surface area contributed by atoms with Gasteiger partial charge in [0, 0.05) is 17.7 Å². The average Bonchev–Trinajstić information content (AvgIpc) is 3.43. The van der Waals surface area contributed by atoms with Gasteiger partial charge >= 0.3 is 0 Å². The van der Waals surface area contributed by atoms with Crippen molar-refractivity contribution < 1.29 is 4.79 Å². The number of carbonyl (C=O) groups excluding carboxylic acids is 1. The van der Waals surface area contributed by atoms with Gasteiger partial charge in [-0.05, 0) is 74.5 Å². The van der Waals surface area contributed by atoms with Crippen LogP contribution in [0.4, 0.5) is 0 Å². The van der Waals surface area contributed by atoms with E-state index in [2.05, 4.69) is 48.4 Å². The molecule has 2 aliphatic carbocycles. The van der Waals surface area contributed by atoms with E-state index in [1.54, 1.807) is 6.33 Å². The minimum Gasteiger partial charge on any atom is -0.306 e. The van der Waals surface area contributed by atoms with Crippen LogP contribution in [-0.2, 0) is 0 Å². The molecule has 2 aromatic heterocycles. The zero-order chi connectivity index (χ0) is 18.4. The fourth-order valence-corrected chi connectivity index (χ4v) is 4.83. The Labute approximate surface area is 160 Å². The minimum absolute atomic E-state index is 0.157. The van der Waals surface area contributed by atoms with E-state index >= 15 is 0 Å². The lowest BCUT2D eigenvalue weighted by atomic mass is 9.75. The summed E-state index contributed by atoms with van der Waals surface area (Å²) in [7, 11) is 0. The molecule has 2 fully saturated rings. The largest absolute Gasteiger partial charge is 0.306 e. The van der Waals surface area contributed by atoms with Gasteiger partial charge in [0.15, 0.2) is 5.78 Å². The summed E-state index contributed by atoms with van der Waals surface area (Å²) in [6.07, 6.45) is 12.4. The third-order valence-electron chi connectivity index (χ3n) is 6.50. The maximum Gasteiger partial charge on any atom is 0.168 e. The van der Waals surface area contributed by atoms with E-state index in [1.165, 1.54) is 29.5 Å². The van der Waals surface area contributed by atoms with Crippen LogP contribution in [0, 0.1) is 12.8 Å². The molecule has 2 saturated carbocycles. The molecule has 1 aromatic carbocycles. The maximum absolute atomic E-state index is 13.5. The van der Waals surface area contributed by atoms with Crippen molar-refractivity contribution in [2.45, 2.75) is 57.3 Å². The van der Waals surface area contributed by atoms with Gasteiger partial charge in [-0.2, -0.15) is 0 Å². The van der Waals surface area contributed by atoms with Crippen molar-refractivity contribution in [1.82, 2.24) is 9.38 Å². The Morgan fingerprint density at radius 3 is 2.56 bits per heavy atom. The number of hydrogen-bond acceptors (Lipinski definition) is 2. The summed E-state index contributed by atoms with van der Waals surface area (Å²) in [5.74, 6) is 1.69. The number of imidazole rings is 1. The molecule has 0 spiro atoms. The third kappa shape index (κ3) is 3.09. The van der Waals surface area contributed by atoms with Crippen molar-refractivity contribution in [2.75, 3.05) is 0 Å². The van der Waals surface area contributed by atoms with Crippen LogP contribution in [0.15, 0.2) is 49.1 Å². The van der Waals surface area contributed by atoms with Crippen LogP contribution in [-0.4, -0.2) is 15.2 Å². The number of ketones is 1. The Morgan fingerprint density at radius 1 is 1.04 bits per heavy atom. The highest BCUT2D eigenvalue weighted by Gasteiger charge is 2.34. The van der Waals surface area contributed by atoms with Crippen LogP contribution in [0.5, 0.6) is 0 Å². The molecule has 0 saturated heterocycles. The Bertz CT molecular complexity index is 991. The maximum atomic E-state index is 13.5. The summed E-state index contributed by atoms with van der Waals surface area (Å²) in [5, 5.41) is 0. The molecule has 0 bridgehead atoms. The van der Waals surface area contributed by atoms with Crippen LogP contribution >= 0.6 is 0 Å². The number of rotatable bonds is 4.